The third kappa shape index (κ3) is 1.59. The summed E-state index contributed by atoms with van der Waals surface area (Å²) < 4.78 is 0. The lowest BCUT2D eigenvalue weighted by Gasteiger charge is -1.93. The Kier molecular flexibility index (Phi) is 1.75. The van der Waals surface area contributed by atoms with Gasteiger partial charge >= 0.3 is 0 Å². The number of nitrogens with one attached hydrogen (secondary N) is 1. The fourth-order valence-corrected chi connectivity index (χ4v) is 0.512. The van der Waals surface area contributed by atoms with Crippen LogP contribution in [0.5, 0.6) is 0 Å². The number of hydrogen-bond acceptors (Lipinski definition) is 2. The Labute approximate surface area is 43.1 Å². The van der Waals surface area contributed by atoms with Gasteiger partial charge in [-0.05, 0) is 12.8 Å². The minimum Gasteiger partial charge on any atom is -0.277 e. The Hall–Kier alpha value is -0.500. The van der Waals surface area contributed by atoms with Crippen LogP contribution in [0.15, 0.2) is 12.3 Å². The van der Waals surface area contributed by atoms with Crippen LogP contribution in [0.1, 0.15) is 12.8 Å². The molecule has 0 bridgehead atoms. The Morgan fingerprint density at radius 2 is 2.57 bits per heavy atom. The first kappa shape index (κ1) is 4.65. The molecule has 0 atom stereocenters. The average molecular weight is 99.1 g/mol. The van der Waals surface area contributed by atoms with Gasteiger partial charge in [-0.3, -0.25) is 10.3 Å². The maximum atomic E-state index is 4.86. The third-order valence-electron chi connectivity index (χ3n) is 0.886. The van der Waals surface area contributed by atoms with Gasteiger partial charge in [0.1, 0.15) is 0 Å². The van der Waals surface area contributed by atoms with Gasteiger partial charge in [-0.1, -0.05) is 6.08 Å². The smallest absolute Gasteiger partial charge is 0.0748 e. The largest absolute Gasteiger partial charge is 0.277 e. The fraction of sp³-hybridized carbons (Fsp3) is 0.600. The molecule has 1 heterocycles. The Morgan fingerprint density at radius 3 is 3.57 bits per heavy atom. The van der Waals surface area contributed by atoms with E-state index in [2.05, 4.69) is 11.6 Å². The van der Waals surface area contributed by atoms with Crippen LogP contribution in [-0.4, -0.2) is 6.61 Å². The van der Waals surface area contributed by atoms with Crippen LogP contribution in [-0.2, 0) is 4.84 Å². The van der Waals surface area contributed by atoms with Crippen molar-refractivity contribution in [1.82, 2.24) is 5.48 Å². The van der Waals surface area contributed by atoms with Gasteiger partial charge < -0.3 is 0 Å². The van der Waals surface area contributed by atoms with Crippen molar-refractivity contribution in [2.24, 2.45) is 0 Å². The molecule has 40 valence electrons. The standard InChI is InChI=1S/C5H9NO/c1-2-4-6-7-5-3-1/h2,4,6H,1,3,5H2. The van der Waals surface area contributed by atoms with E-state index in [0.717, 1.165) is 19.4 Å². The van der Waals surface area contributed by atoms with E-state index in [1.165, 1.54) is 0 Å². The van der Waals surface area contributed by atoms with E-state index >= 15 is 0 Å². The average Bonchev–Trinajstić information content (AvgIpc) is 1.90. The fourth-order valence-electron chi connectivity index (χ4n) is 0.512. The zero-order valence-corrected chi connectivity index (χ0v) is 4.18. The quantitative estimate of drug-likeness (QED) is 0.485. The van der Waals surface area contributed by atoms with Gasteiger partial charge in [0.15, 0.2) is 0 Å². The molecule has 0 saturated carbocycles. The summed E-state index contributed by atoms with van der Waals surface area (Å²) in [6, 6.07) is 0. The number of hydrogen-bond donors (Lipinski definition) is 1. The molecule has 2 nitrogen and oxygen atoms in total. The van der Waals surface area contributed by atoms with Crippen LogP contribution in [0.4, 0.5) is 0 Å². The Morgan fingerprint density at radius 1 is 1.57 bits per heavy atom. The highest BCUT2D eigenvalue weighted by molar-refractivity contribution is 4.77. The molecular weight excluding hydrogens is 90.1 g/mol. The summed E-state index contributed by atoms with van der Waals surface area (Å²) in [4.78, 5) is 4.86. The van der Waals surface area contributed by atoms with Crippen molar-refractivity contribution < 1.29 is 4.84 Å². The molecule has 0 aromatic heterocycles. The minimum atomic E-state index is 0.826. The van der Waals surface area contributed by atoms with Crippen LogP contribution in [0, 0.1) is 0 Å². The molecule has 0 aromatic carbocycles. The molecule has 1 rings (SSSR count). The molecule has 1 aliphatic rings. The highest BCUT2D eigenvalue weighted by atomic mass is 16.6. The van der Waals surface area contributed by atoms with E-state index in [4.69, 9.17) is 4.84 Å². The molecular formula is C5H9NO. The summed E-state index contributed by atoms with van der Waals surface area (Å²) >= 11 is 0. The summed E-state index contributed by atoms with van der Waals surface area (Å²) in [7, 11) is 0. The maximum absolute atomic E-state index is 4.86. The highest BCUT2D eigenvalue weighted by Crippen LogP contribution is 1.92. The van der Waals surface area contributed by atoms with Crippen molar-refractivity contribution in [1.29, 1.82) is 0 Å². The van der Waals surface area contributed by atoms with E-state index in [-0.39, 0.29) is 0 Å². The Balaban J connectivity index is 2.20. The van der Waals surface area contributed by atoms with Crippen LogP contribution in [0.3, 0.4) is 0 Å². The summed E-state index contributed by atoms with van der Waals surface area (Å²) in [6.07, 6.45) is 6.15. The molecule has 0 fully saturated rings. The maximum Gasteiger partial charge on any atom is 0.0748 e. The van der Waals surface area contributed by atoms with Crippen molar-refractivity contribution in [2.45, 2.75) is 12.8 Å². The van der Waals surface area contributed by atoms with E-state index in [0.29, 0.717) is 0 Å². The second-order valence-electron chi connectivity index (χ2n) is 1.51. The van der Waals surface area contributed by atoms with Gasteiger partial charge in [-0.15, -0.1) is 0 Å². The molecule has 0 radical (unpaired) electrons. The number of hydroxylamine groups is 1. The predicted octanol–water partition coefficient (Wildman–Crippen LogP) is 0.815. The first-order chi connectivity index (χ1) is 3.50. The van der Waals surface area contributed by atoms with E-state index in [1.807, 2.05) is 6.20 Å². The Bertz CT molecular complexity index is 62.5. The van der Waals surface area contributed by atoms with Crippen LogP contribution < -0.4 is 5.48 Å². The molecule has 2 heteroatoms. The van der Waals surface area contributed by atoms with Crippen molar-refractivity contribution in [2.75, 3.05) is 6.61 Å². The van der Waals surface area contributed by atoms with Crippen molar-refractivity contribution in [3.05, 3.63) is 12.3 Å². The summed E-state index contributed by atoms with van der Waals surface area (Å²) in [5.74, 6) is 0. The molecule has 1 N–H and O–H groups in total. The van der Waals surface area contributed by atoms with Gasteiger partial charge in [-0.25, -0.2) is 0 Å². The minimum absolute atomic E-state index is 0.826. The zero-order chi connectivity index (χ0) is 4.95. The summed E-state index contributed by atoms with van der Waals surface area (Å²) in [5.41, 5.74) is 2.67. The first-order valence-electron chi connectivity index (χ1n) is 2.52. The van der Waals surface area contributed by atoms with Crippen molar-refractivity contribution in [3.8, 4) is 0 Å². The predicted molar refractivity (Wildman–Crippen MR) is 27.5 cm³/mol. The lowest BCUT2D eigenvalue weighted by molar-refractivity contribution is 0.0745. The third-order valence-corrected chi connectivity index (χ3v) is 0.886. The number of allylic oxidation sites excluding steroid dienone is 1. The SMILES string of the molecule is C1=CNOCCC1. The molecule has 0 amide bonds. The molecule has 0 aromatic rings. The monoisotopic (exact) mass is 99.1 g/mol. The molecule has 7 heavy (non-hydrogen) atoms. The molecule has 0 spiro atoms. The van der Waals surface area contributed by atoms with E-state index in [1.54, 1.807) is 0 Å². The zero-order valence-electron chi connectivity index (χ0n) is 4.18. The van der Waals surface area contributed by atoms with Crippen LogP contribution >= 0.6 is 0 Å². The molecule has 0 aliphatic carbocycles. The van der Waals surface area contributed by atoms with Crippen LogP contribution in [0.2, 0.25) is 0 Å². The normalized spacial score (nSPS) is 20.6. The van der Waals surface area contributed by atoms with Gasteiger partial charge in [0.2, 0.25) is 0 Å². The van der Waals surface area contributed by atoms with Crippen molar-refractivity contribution in [3.63, 3.8) is 0 Å². The second-order valence-corrected chi connectivity index (χ2v) is 1.51. The van der Waals surface area contributed by atoms with E-state index < -0.39 is 0 Å². The van der Waals surface area contributed by atoms with Gasteiger partial charge in [0.05, 0.1) is 6.61 Å². The number of rotatable bonds is 0. The molecule has 0 unspecified atom stereocenters. The van der Waals surface area contributed by atoms with Crippen molar-refractivity contribution >= 4 is 0 Å². The van der Waals surface area contributed by atoms with Gasteiger partial charge in [0.25, 0.3) is 0 Å². The summed E-state index contributed by atoms with van der Waals surface area (Å²) in [6.45, 7) is 0.826. The molecule has 1 aliphatic heterocycles. The lowest BCUT2D eigenvalue weighted by atomic mass is 10.3. The van der Waals surface area contributed by atoms with Crippen LogP contribution in [0.25, 0.3) is 0 Å². The van der Waals surface area contributed by atoms with Gasteiger partial charge in [0, 0.05) is 6.20 Å². The second kappa shape index (κ2) is 2.64. The lowest BCUT2D eigenvalue weighted by Crippen LogP contribution is -2.04. The van der Waals surface area contributed by atoms with Gasteiger partial charge in [-0.2, -0.15) is 0 Å². The first-order valence-corrected chi connectivity index (χ1v) is 2.52. The topological polar surface area (TPSA) is 21.3 Å². The summed E-state index contributed by atoms with van der Waals surface area (Å²) in [5, 5.41) is 0. The molecule has 0 saturated heterocycles. The highest BCUT2D eigenvalue weighted by Gasteiger charge is 1.86. The van der Waals surface area contributed by atoms with E-state index in [9.17, 15) is 0 Å².